The molecular formula is C8H7F3O3S. The van der Waals surface area contributed by atoms with Crippen LogP contribution >= 0.6 is 12.0 Å². The lowest BCUT2D eigenvalue weighted by Gasteiger charge is -2.05. The molecule has 0 fully saturated rings. The zero-order chi connectivity index (χ0) is 11.3. The highest BCUT2D eigenvalue weighted by atomic mass is 32.2. The third-order valence-electron chi connectivity index (χ3n) is 1.37. The van der Waals surface area contributed by atoms with Crippen LogP contribution in [0.25, 0.3) is 0 Å². The molecule has 0 N–H and O–H groups in total. The molecule has 0 spiro atoms. The largest absolute Gasteiger partial charge is 0.471 e. The van der Waals surface area contributed by atoms with Crippen molar-refractivity contribution in [2.75, 3.05) is 0 Å². The Morgan fingerprint density at radius 1 is 1.20 bits per heavy atom. The highest BCUT2D eigenvalue weighted by Gasteiger charge is 2.31. The molecule has 0 amide bonds. The summed E-state index contributed by atoms with van der Waals surface area (Å²) in [5, 5.41) is 3.92. The number of para-hydroxylation sites is 1. The van der Waals surface area contributed by atoms with Gasteiger partial charge in [0.2, 0.25) is 0 Å². The molecule has 0 aliphatic carbocycles. The van der Waals surface area contributed by atoms with Crippen LogP contribution in [0.2, 0.25) is 0 Å². The van der Waals surface area contributed by atoms with Gasteiger partial charge in [0, 0.05) is 0 Å². The van der Waals surface area contributed by atoms with Gasteiger partial charge < -0.3 is 4.89 Å². The Morgan fingerprint density at radius 3 is 2.47 bits per heavy atom. The Bertz CT molecular complexity index is 316. The molecule has 84 valence electrons. The van der Waals surface area contributed by atoms with E-state index < -0.39 is 17.6 Å². The Balaban J connectivity index is 2.30. The summed E-state index contributed by atoms with van der Waals surface area (Å²) in [6.07, 6.45) is 0. The summed E-state index contributed by atoms with van der Waals surface area (Å²) in [6.45, 7) is 1.72. The van der Waals surface area contributed by atoms with E-state index >= 15 is 0 Å². The minimum absolute atomic E-state index is 0.292. The number of benzene rings is 1. The van der Waals surface area contributed by atoms with E-state index in [4.69, 9.17) is 0 Å². The lowest BCUT2D eigenvalue weighted by molar-refractivity contribution is -0.406. The van der Waals surface area contributed by atoms with E-state index in [2.05, 4.69) is 14.3 Å². The van der Waals surface area contributed by atoms with E-state index in [1.165, 1.54) is 6.07 Å². The predicted molar refractivity (Wildman–Crippen MR) is 47.6 cm³/mol. The molecule has 0 aliphatic heterocycles. The van der Waals surface area contributed by atoms with Crippen molar-refractivity contribution < 1.29 is 27.4 Å². The standard InChI is InChI=1S/C8H7F3O3S/c1-6-4-2-3-5-7(6)12-13-14-15-8(9,10)11/h2-5H,1H3. The van der Waals surface area contributed by atoms with Crippen LogP contribution in [-0.4, -0.2) is 5.51 Å². The normalized spacial score (nSPS) is 11.5. The summed E-state index contributed by atoms with van der Waals surface area (Å²) >= 11 is -0.789. The molecular weight excluding hydrogens is 233 g/mol. The molecule has 15 heavy (non-hydrogen) atoms. The molecule has 0 bridgehead atoms. The summed E-state index contributed by atoms with van der Waals surface area (Å²) in [6, 6.07) is 6.67. The smallest absolute Gasteiger partial charge is 0.307 e. The first-order chi connectivity index (χ1) is 6.99. The molecule has 7 heteroatoms. The van der Waals surface area contributed by atoms with Crippen molar-refractivity contribution in [3.63, 3.8) is 0 Å². The van der Waals surface area contributed by atoms with Crippen LogP contribution in [0.1, 0.15) is 5.56 Å². The van der Waals surface area contributed by atoms with Crippen LogP contribution in [0.5, 0.6) is 5.75 Å². The SMILES string of the molecule is Cc1ccccc1OOOSC(F)(F)F. The van der Waals surface area contributed by atoms with E-state index in [1.54, 1.807) is 25.1 Å². The molecule has 1 aromatic carbocycles. The maximum absolute atomic E-state index is 11.6. The number of alkyl halides is 3. The Morgan fingerprint density at radius 2 is 1.87 bits per heavy atom. The minimum atomic E-state index is -4.52. The maximum Gasteiger partial charge on any atom is 0.471 e. The summed E-state index contributed by atoms with van der Waals surface area (Å²) < 4.78 is 38.4. The molecule has 0 saturated carbocycles. The molecule has 0 unspecified atom stereocenters. The molecule has 1 rings (SSSR count). The van der Waals surface area contributed by atoms with Gasteiger partial charge in [0.1, 0.15) is 12.0 Å². The summed E-state index contributed by atoms with van der Waals surface area (Å²) in [7, 11) is 0. The second-order valence-corrected chi connectivity index (χ2v) is 3.28. The second-order valence-electron chi connectivity index (χ2n) is 2.51. The van der Waals surface area contributed by atoms with Crippen molar-refractivity contribution in [3.8, 4) is 5.75 Å². The lowest BCUT2D eigenvalue weighted by Crippen LogP contribution is -2.03. The zero-order valence-corrected chi connectivity index (χ0v) is 8.39. The topological polar surface area (TPSA) is 27.7 Å². The molecule has 0 atom stereocenters. The fourth-order valence-corrected chi connectivity index (χ4v) is 0.886. The fraction of sp³-hybridized carbons (Fsp3) is 0.250. The number of hydrogen-bond acceptors (Lipinski definition) is 4. The summed E-state index contributed by atoms with van der Waals surface area (Å²) in [4.78, 5) is 4.49. The Kier molecular flexibility index (Phi) is 4.25. The molecule has 0 saturated heterocycles. The van der Waals surface area contributed by atoms with Crippen molar-refractivity contribution in [1.82, 2.24) is 0 Å². The molecule has 3 nitrogen and oxygen atoms in total. The van der Waals surface area contributed by atoms with Gasteiger partial charge in [-0.1, -0.05) is 18.2 Å². The minimum Gasteiger partial charge on any atom is -0.307 e. The van der Waals surface area contributed by atoms with Crippen LogP contribution in [0.15, 0.2) is 24.3 Å². The number of rotatable bonds is 4. The van der Waals surface area contributed by atoms with Crippen molar-refractivity contribution in [2.24, 2.45) is 0 Å². The number of aryl methyl sites for hydroxylation is 1. The summed E-state index contributed by atoms with van der Waals surface area (Å²) in [5.41, 5.74) is -3.80. The van der Waals surface area contributed by atoms with Crippen molar-refractivity contribution in [2.45, 2.75) is 12.4 Å². The van der Waals surface area contributed by atoms with Gasteiger partial charge >= 0.3 is 5.51 Å². The van der Waals surface area contributed by atoms with E-state index in [1.807, 2.05) is 0 Å². The molecule has 0 heterocycles. The zero-order valence-electron chi connectivity index (χ0n) is 7.58. The highest BCUT2D eigenvalue weighted by molar-refractivity contribution is 7.95. The number of hydrogen-bond donors (Lipinski definition) is 0. The van der Waals surface area contributed by atoms with E-state index in [0.717, 1.165) is 5.56 Å². The van der Waals surface area contributed by atoms with Crippen molar-refractivity contribution >= 4 is 12.0 Å². The molecule has 1 aromatic rings. The maximum atomic E-state index is 11.6. The van der Waals surface area contributed by atoms with Gasteiger partial charge in [-0.05, 0) is 23.6 Å². The fourth-order valence-electron chi connectivity index (χ4n) is 0.753. The van der Waals surface area contributed by atoms with Gasteiger partial charge in [-0.2, -0.15) is 13.2 Å². The van der Waals surface area contributed by atoms with Gasteiger partial charge in [0.15, 0.2) is 5.75 Å². The van der Waals surface area contributed by atoms with Crippen LogP contribution in [-0.2, 0) is 9.37 Å². The van der Waals surface area contributed by atoms with E-state index in [0.29, 0.717) is 5.75 Å². The quantitative estimate of drug-likeness (QED) is 0.349. The molecule has 0 aromatic heterocycles. The first kappa shape index (κ1) is 12.2. The highest BCUT2D eigenvalue weighted by Crippen LogP contribution is 2.31. The van der Waals surface area contributed by atoms with Gasteiger partial charge in [-0.15, -0.1) is 4.33 Å². The van der Waals surface area contributed by atoms with Crippen LogP contribution in [0.3, 0.4) is 0 Å². The Labute approximate surface area is 88.2 Å². The monoisotopic (exact) mass is 240 g/mol. The lowest BCUT2D eigenvalue weighted by atomic mass is 10.2. The Hall–Kier alpha value is -0.920. The average molecular weight is 240 g/mol. The third kappa shape index (κ3) is 4.91. The van der Waals surface area contributed by atoms with Crippen LogP contribution in [0, 0.1) is 6.92 Å². The van der Waals surface area contributed by atoms with Gasteiger partial charge in [0.25, 0.3) is 0 Å². The van der Waals surface area contributed by atoms with E-state index in [-0.39, 0.29) is 0 Å². The van der Waals surface area contributed by atoms with E-state index in [9.17, 15) is 13.2 Å². The predicted octanol–water partition coefficient (Wildman–Crippen LogP) is 3.41. The van der Waals surface area contributed by atoms with Gasteiger partial charge in [-0.25, -0.2) is 0 Å². The second kappa shape index (κ2) is 5.24. The van der Waals surface area contributed by atoms with Crippen LogP contribution in [0.4, 0.5) is 13.2 Å². The molecule has 0 aliphatic rings. The average Bonchev–Trinajstić information content (AvgIpc) is 2.13. The van der Waals surface area contributed by atoms with Crippen molar-refractivity contribution in [1.29, 1.82) is 0 Å². The van der Waals surface area contributed by atoms with Gasteiger partial charge in [-0.3, -0.25) is 0 Å². The molecule has 0 radical (unpaired) electrons. The number of halogens is 3. The van der Waals surface area contributed by atoms with Gasteiger partial charge in [0.05, 0.1) is 0 Å². The van der Waals surface area contributed by atoms with Crippen molar-refractivity contribution in [3.05, 3.63) is 29.8 Å². The van der Waals surface area contributed by atoms with Crippen LogP contribution < -0.4 is 4.89 Å². The first-order valence-electron chi connectivity index (χ1n) is 3.80. The first-order valence-corrected chi connectivity index (χ1v) is 4.54. The third-order valence-corrected chi connectivity index (χ3v) is 1.69. The summed E-state index contributed by atoms with van der Waals surface area (Å²) in [5.74, 6) is 0.292.